The molecule has 130 valence electrons. The number of hydrogen-bond acceptors (Lipinski definition) is 5. The van der Waals surface area contributed by atoms with Gasteiger partial charge in [-0.1, -0.05) is 6.07 Å². The molecule has 1 fully saturated rings. The van der Waals surface area contributed by atoms with Gasteiger partial charge in [0.05, 0.1) is 5.69 Å². The average Bonchev–Trinajstić information content (AvgIpc) is 3.04. The number of rotatable bonds is 3. The quantitative estimate of drug-likeness (QED) is 0.681. The van der Waals surface area contributed by atoms with Gasteiger partial charge in [-0.2, -0.15) is 0 Å². The van der Waals surface area contributed by atoms with E-state index in [9.17, 15) is 4.39 Å². The van der Waals surface area contributed by atoms with E-state index in [1.807, 2.05) is 6.07 Å². The number of anilines is 3. The number of benzene rings is 1. The van der Waals surface area contributed by atoms with Crippen LogP contribution in [0, 0.1) is 5.82 Å². The maximum Gasteiger partial charge on any atom is 0.177 e. The van der Waals surface area contributed by atoms with Crippen molar-refractivity contribution in [3.8, 4) is 0 Å². The number of aromatic nitrogens is 3. The van der Waals surface area contributed by atoms with Gasteiger partial charge in [0.15, 0.2) is 5.65 Å². The van der Waals surface area contributed by atoms with Crippen LogP contribution < -0.4 is 16.8 Å². The highest BCUT2D eigenvalue weighted by atomic mass is 19.1. The van der Waals surface area contributed by atoms with Crippen LogP contribution in [-0.2, 0) is 0 Å². The minimum Gasteiger partial charge on any atom is -0.382 e. The summed E-state index contributed by atoms with van der Waals surface area (Å²) in [5, 5.41) is 7.75. The molecule has 25 heavy (non-hydrogen) atoms. The molecule has 5 N–H and O–H groups in total. The predicted molar refractivity (Wildman–Crippen MR) is 96.3 cm³/mol. The van der Waals surface area contributed by atoms with Gasteiger partial charge in [-0.05, 0) is 49.8 Å². The largest absolute Gasteiger partial charge is 0.382 e. The molecule has 0 unspecified atom stereocenters. The van der Waals surface area contributed by atoms with Gasteiger partial charge >= 0.3 is 0 Å². The summed E-state index contributed by atoms with van der Waals surface area (Å²) < 4.78 is 15.2. The van der Waals surface area contributed by atoms with Gasteiger partial charge in [0, 0.05) is 29.7 Å². The molecule has 2 heterocycles. The second-order valence-corrected chi connectivity index (χ2v) is 6.62. The fourth-order valence-electron chi connectivity index (χ4n) is 3.63. The number of nitrogens with two attached hydrogens (primary N) is 2. The molecule has 4 rings (SSSR count). The van der Waals surface area contributed by atoms with Crippen LogP contribution in [0.3, 0.4) is 0 Å². The summed E-state index contributed by atoms with van der Waals surface area (Å²) in [4.78, 5) is 4.41. The minimum absolute atomic E-state index is 0.250. The molecular weight excluding hydrogens is 319 g/mol. The van der Waals surface area contributed by atoms with Crippen molar-refractivity contribution in [1.29, 1.82) is 0 Å². The molecule has 0 bridgehead atoms. The monoisotopic (exact) mass is 340 g/mol. The molecule has 0 amide bonds. The first-order valence-corrected chi connectivity index (χ1v) is 8.52. The van der Waals surface area contributed by atoms with Gasteiger partial charge < -0.3 is 16.8 Å². The molecule has 3 aromatic rings. The van der Waals surface area contributed by atoms with Crippen LogP contribution in [0.25, 0.3) is 5.65 Å². The van der Waals surface area contributed by atoms with Crippen molar-refractivity contribution in [3.05, 3.63) is 48.0 Å². The van der Waals surface area contributed by atoms with E-state index in [1.165, 1.54) is 12.1 Å². The Morgan fingerprint density at radius 3 is 2.76 bits per heavy atom. The molecule has 6 nitrogen and oxygen atoms in total. The summed E-state index contributed by atoms with van der Waals surface area (Å²) in [6, 6.07) is 6.61. The van der Waals surface area contributed by atoms with Crippen LogP contribution in [0.15, 0.2) is 36.7 Å². The van der Waals surface area contributed by atoms with Crippen LogP contribution in [0.4, 0.5) is 21.6 Å². The summed E-state index contributed by atoms with van der Waals surface area (Å²) in [6.45, 7) is 0. The lowest BCUT2D eigenvalue weighted by atomic mass is 9.81. The molecule has 0 aliphatic heterocycles. The number of hydrogen-bond donors (Lipinski definition) is 3. The minimum atomic E-state index is -0.295. The lowest BCUT2D eigenvalue weighted by molar-refractivity contribution is 0.396. The van der Waals surface area contributed by atoms with Crippen LogP contribution in [-0.4, -0.2) is 20.6 Å². The first-order valence-electron chi connectivity index (χ1n) is 8.52. The Bertz CT molecular complexity index is 898. The Morgan fingerprint density at radius 1 is 1.20 bits per heavy atom. The SMILES string of the molecule is Nc1nn2ccnc2c(Nc2cccc(F)c2)c1[C@H]1CC[C@H](N)CC1. The lowest BCUT2D eigenvalue weighted by Crippen LogP contribution is -2.26. The van der Waals surface area contributed by atoms with E-state index in [-0.39, 0.29) is 17.8 Å². The summed E-state index contributed by atoms with van der Waals surface area (Å²) in [5.74, 6) is 0.450. The molecule has 0 atom stereocenters. The van der Waals surface area contributed by atoms with E-state index in [0.717, 1.165) is 36.9 Å². The van der Waals surface area contributed by atoms with Crippen molar-refractivity contribution < 1.29 is 4.39 Å². The molecule has 0 radical (unpaired) electrons. The fraction of sp³-hybridized carbons (Fsp3) is 0.333. The molecular formula is C18H21FN6. The van der Waals surface area contributed by atoms with Gasteiger partial charge in [0.25, 0.3) is 0 Å². The summed E-state index contributed by atoms with van der Waals surface area (Å²) in [7, 11) is 0. The van der Waals surface area contributed by atoms with Crippen LogP contribution in [0.2, 0.25) is 0 Å². The second-order valence-electron chi connectivity index (χ2n) is 6.62. The van der Waals surface area contributed by atoms with Gasteiger partial charge in [0.1, 0.15) is 11.6 Å². The predicted octanol–water partition coefficient (Wildman–Crippen LogP) is 3.18. The van der Waals surface area contributed by atoms with Crippen LogP contribution in [0.1, 0.15) is 37.2 Å². The van der Waals surface area contributed by atoms with Crippen LogP contribution in [0.5, 0.6) is 0 Å². The number of fused-ring (bicyclic) bond motifs is 1. The van der Waals surface area contributed by atoms with Crippen molar-refractivity contribution >= 4 is 22.8 Å². The Hall–Kier alpha value is -2.67. The molecule has 2 aromatic heterocycles. The normalized spacial score (nSPS) is 20.7. The lowest BCUT2D eigenvalue weighted by Gasteiger charge is -2.28. The molecule has 1 aliphatic rings. The van der Waals surface area contributed by atoms with E-state index in [4.69, 9.17) is 11.5 Å². The fourth-order valence-corrected chi connectivity index (χ4v) is 3.63. The molecule has 1 saturated carbocycles. The third kappa shape index (κ3) is 3.02. The first kappa shape index (κ1) is 15.8. The van der Waals surface area contributed by atoms with E-state index in [2.05, 4.69) is 15.4 Å². The molecule has 7 heteroatoms. The zero-order chi connectivity index (χ0) is 17.4. The summed E-state index contributed by atoms with van der Waals surface area (Å²) in [5.41, 5.74) is 15.4. The Balaban J connectivity index is 1.82. The number of nitrogen functional groups attached to an aromatic ring is 1. The zero-order valence-corrected chi connectivity index (χ0v) is 13.8. The standard InChI is InChI=1S/C18H21FN6/c19-12-2-1-3-14(10-12)23-16-15(11-4-6-13(20)7-5-11)17(21)24-25-9-8-22-18(16)25/h1-3,8-11,13,23H,4-7,20H2,(H2,21,24)/t11-,13-. The van der Waals surface area contributed by atoms with E-state index in [0.29, 0.717) is 17.2 Å². The molecule has 0 saturated heterocycles. The molecule has 1 aromatic carbocycles. The third-order valence-corrected chi connectivity index (χ3v) is 4.88. The number of nitrogens with zero attached hydrogens (tertiary/aromatic N) is 3. The first-order chi connectivity index (χ1) is 12.1. The molecule has 1 aliphatic carbocycles. The maximum absolute atomic E-state index is 13.6. The highest BCUT2D eigenvalue weighted by Gasteiger charge is 2.27. The molecule has 0 spiro atoms. The number of halogens is 1. The van der Waals surface area contributed by atoms with Gasteiger partial charge in [-0.3, -0.25) is 0 Å². The van der Waals surface area contributed by atoms with Gasteiger partial charge in [-0.25, -0.2) is 13.9 Å². The highest BCUT2D eigenvalue weighted by molar-refractivity contribution is 5.80. The van der Waals surface area contributed by atoms with E-state index < -0.39 is 0 Å². The smallest absolute Gasteiger partial charge is 0.177 e. The van der Waals surface area contributed by atoms with Gasteiger partial charge in [0.2, 0.25) is 0 Å². The Labute approximate surface area is 145 Å². The summed E-state index contributed by atoms with van der Waals surface area (Å²) >= 11 is 0. The maximum atomic E-state index is 13.6. The topological polar surface area (TPSA) is 94.3 Å². The zero-order valence-electron chi connectivity index (χ0n) is 13.8. The Kier molecular flexibility index (Phi) is 4.01. The van der Waals surface area contributed by atoms with Crippen molar-refractivity contribution in [2.24, 2.45) is 5.73 Å². The second kappa shape index (κ2) is 6.33. The van der Waals surface area contributed by atoms with Crippen molar-refractivity contribution in [2.45, 2.75) is 37.6 Å². The Morgan fingerprint density at radius 2 is 2.00 bits per heavy atom. The highest BCUT2D eigenvalue weighted by Crippen LogP contribution is 2.41. The average molecular weight is 340 g/mol. The van der Waals surface area contributed by atoms with Crippen molar-refractivity contribution in [1.82, 2.24) is 14.6 Å². The van der Waals surface area contributed by atoms with E-state index >= 15 is 0 Å². The van der Waals surface area contributed by atoms with Gasteiger partial charge in [-0.15, -0.1) is 5.10 Å². The van der Waals surface area contributed by atoms with Crippen molar-refractivity contribution in [2.75, 3.05) is 11.1 Å². The van der Waals surface area contributed by atoms with Crippen LogP contribution >= 0.6 is 0 Å². The van der Waals surface area contributed by atoms with Crippen molar-refractivity contribution in [3.63, 3.8) is 0 Å². The number of imidazole rings is 1. The summed E-state index contributed by atoms with van der Waals surface area (Å²) in [6.07, 6.45) is 7.28. The third-order valence-electron chi connectivity index (χ3n) is 4.88. The number of nitrogens with one attached hydrogen (secondary N) is 1. The van der Waals surface area contributed by atoms with E-state index in [1.54, 1.807) is 23.0 Å².